The second-order valence-corrected chi connectivity index (χ2v) is 4.25. The number of rotatable bonds is 1. The van der Waals surface area contributed by atoms with E-state index in [-0.39, 0.29) is 0 Å². The van der Waals surface area contributed by atoms with E-state index in [4.69, 9.17) is 0 Å². The molecule has 0 aliphatic rings. The summed E-state index contributed by atoms with van der Waals surface area (Å²) < 4.78 is 28.1. The summed E-state index contributed by atoms with van der Waals surface area (Å²) in [6, 6.07) is 7.27. The normalized spacial score (nSPS) is 11.1. The van der Waals surface area contributed by atoms with Crippen molar-refractivity contribution in [1.29, 1.82) is 0 Å². The number of halogens is 2. The number of imidazole rings is 1. The first-order valence-electron chi connectivity index (χ1n) is 5.54. The predicted octanol–water partition coefficient (Wildman–Crippen LogP) is 3.59. The highest BCUT2D eigenvalue weighted by Crippen LogP contribution is 2.21. The van der Waals surface area contributed by atoms with E-state index < -0.39 is 11.6 Å². The highest BCUT2D eigenvalue weighted by atomic mass is 19.1. The van der Waals surface area contributed by atoms with Crippen LogP contribution in [0.2, 0.25) is 0 Å². The summed E-state index contributed by atoms with van der Waals surface area (Å²) in [7, 11) is 0. The van der Waals surface area contributed by atoms with Crippen LogP contribution in [0.15, 0.2) is 42.7 Å². The minimum Gasteiger partial charge on any atom is -0.306 e. The van der Waals surface area contributed by atoms with Gasteiger partial charge in [-0.2, -0.15) is 0 Å². The number of aryl methyl sites for hydroxylation is 1. The van der Waals surface area contributed by atoms with Crippen molar-refractivity contribution in [2.24, 2.45) is 0 Å². The maximum Gasteiger partial charge on any atom is 0.137 e. The first-order valence-corrected chi connectivity index (χ1v) is 5.54. The third-order valence-corrected chi connectivity index (χ3v) is 2.77. The van der Waals surface area contributed by atoms with Gasteiger partial charge in [0.25, 0.3) is 0 Å². The zero-order valence-electron chi connectivity index (χ0n) is 9.69. The molecule has 0 aliphatic carbocycles. The van der Waals surface area contributed by atoms with Crippen molar-refractivity contribution in [3.8, 4) is 11.3 Å². The van der Waals surface area contributed by atoms with Crippen LogP contribution in [0.3, 0.4) is 0 Å². The molecule has 0 unspecified atom stereocenters. The van der Waals surface area contributed by atoms with Crippen LogP contribution in [0.4, 0.5) is 8.78 Å². The Morgan fingerprint density at radius 3 is 2.50 bits per heavy atom. The van der Waals surface area contributed by atoms with Gasteiger partial charge in [-0.25, -0.2) is 13.8 Å². The third kappa shape index (κ3) is 1.86. The molecule has 0 bridgehead atoms. The first kappa shape index (κ1) is 10.9. The first-order chi connectivity index (χ1) is 8.61. The van der Waals surface area contributed by atoms with Crippen LogP contribution in [0.25, 0.3) is 16.9 Å². The number of hydrogen-bond acceptors (Lipinski definition) is 1. The summed E-state index contributed by atoms with van der Waals surface area (Å²) in [5, 5.41) is 0. The molecule has 0 fully saturated rings. The van der Waals surface area contributed by atoms with Crippen molar-refractivity contribution in [3.05, 3.63) is 59.9 Å². The summed E-state index contributed by atoms with van der Waals surface area (Å²) in [6.07, 6.45) is 3.62. The van der Waals surface area contributed by atoms with Crippen molar-refractivity contribution < 1.29 is 8.78 Å². The molecule has 2 nitrogen and oxygen atoms in total. The van der Waals surface area contributed by atoms with Crippen molar-refractivity contribution in [2.45, 2.75) is 6.92 Å². The fourth-order valence-electron chi connectivity index (χ4n) is 1.92. The Morgan fingerprint density at radius 2 is 1.78 bits per heavy atom. The summed E-state index contributed by atoms with van der Waals surface area (Å²) in [6.45, 7) is 1.97. The summed E-state index contributed by atoms with van der Waals surface area (Å²) in [4.78, 5) is 4.36. The third-order valence-electron chi connectivity index (χ3n) is 2.77. The lowest BCUT2D eigenvalue weighted by Crippen LogP contribution is -1.83. The highest BCUT2D eigenvalue weighted by Gasteiger charge is 2.07. The largest absolute Gasteiger partial charge is 0.306 e. The summed E-state index contributed by atoms with van der Waals surface area (Å²) in [5.41, 5.74) is 2.84. The molecule has 1 aromatic carbocycles. The minimum atomic E-state index is -0.599. The Labute approximate surface area is 103 Å². The van der Waals surface area contributed by atoms with Crippen LogP contribution in [-0.2, 0) is 0 Å². The molecule has 0 radical (unpaired) electrons. The average Bonchev–Trinajstić information content (AvgIpc) is 2.70. The molecular weight excluding hydrogens is 234 g/mol. The van der Waals surface area contributed by atoms with Gasteiger partial charge in [0.15, 0.2) is 0 Å². The lowest BCUT2D eigenvalue weighted by molar-refractivity contribution is 0.584. The number of aromatic nitrogens is 2. The molecule has 0 atom stereocenters. The molecule has 0 amide bonds. The number of hydrogen-bond donors (Lipinski definition) is 0. The van der Waals surface area contributed by atoms with Crippen LogP contribution in [0.5, 0.6) is 0 Å². The lowest BCUT2D eigenvalue weighted by Gasteiger charge is -1.96. The van der Waals surface area contributed by atoms with Gasteiger partial charge < -0.3 is 4.40 Å². The van der Waals surface area contributed by atoms with E-state index in [0.29, 0.717) is 11.3 Å². The zero-order valence-corrected chi connectivity index (χ0v) is 9.69. The maximum atomic E-state index is 13.2. The van der Waals surface area contributed by atoms with Crippen molar-refractivity contribution >= 4 is 5.65 Å². The van der Waals surface area contributed by atoms with Gasteiger partial charge in [-0.1, -0.05) is 0 Å². The van der Waals surface area contributed by atoms with E-state index in [0.717, 1.165) is 17.3 Å². The van der Waals surface area contributed by atoms with E-state index in [2.05, 4.69) is 4.98 Å². The molecule has 2 heterocycles. The number of pyridine rings is 1. The van der Waals surface area contributed by atoms with Gasteiger partial charge >= 0.3 is 0 Å². The Hall–Kier alpha value is -2.23. The molecule has 18 heavy (non-hydrogen) atoms. The summed E-state index contributed by atoms with van der Waals surface area (Å²) >= 11 is 0. The molecule has 0 spiro atoms. The van der Waals surface area contributed by atoms with Crippen molar-refractivity contribution in [3.63, 3.8) is 0 Å². The van der Waals surface area contributed by atoms with Crippen LogP contribution in [0, 0.1) is 18.6 Å². The van der Waals surface area contributed by atoms with Crippen molar-refractivity contribution in [2.75, 3.05) is 0 Å². The number of nitrogens with zero attached hydrogens (tertiary/aromatic N) is 2. The van der Waals surface area contributed by atoms with E-state index in [1.54, 1.807) is 6.20 Å². The SMILES string of the molecule is Cc1ccn2cc(-c3cc(F)cc(F)c3)nc2c1. The van der Waals surface area contributed by atoms with Crippen molar-refractivity contribution in [1.82, 2.24) is 9.38 Å². The standard InChI is InChI=1S/C14H10F2N2/c1-9-2-3-18-8-13(17-14(18)4-9)10-5-11(15)7-12(16)6-10/h2-8H,1H3. The highest BCUT2D eigenvalue weighted by molar-refractivity contribution is 5.63. The Balaban J connectivity index is 2.19. The number of fused-ring (bicyclic) bond motifs is 1. The van der Waals surface area contributed by atoms with Crippen LogP contribution >= 0.6 is 0 Å². The second-order valence-electron chi connectivity index (χ2n) is 4.25. The van der Waals surface area contributed by atoms with Crippen LogP contribution in [0.1, 0.15) is 5.56 Å². The Kier molecular flexibility index (Phi) is 2.37. The van der Waals surface area contributed by atoms with Gasteiger partial charge in [0.05, 0.1) is 5.69 Å². The van der Waals surface area contributed by atoms with Gasteiger partial charge in [-0.15, -0.1) is 0 Å². The van der Waals surface area contributed by atoms with Crippen LogP contribution < -0.4 is 0 Å². The predicted molar refractivity (Wildman–Crippen MR) is 65.3 cm³/mol. The molecule has 0 saturated carbocycles. The molecule has 3 rings (SSSR count). The molecular formula is C14H10F2N2. The quantitative estimate of drug-likeness (QED) is 0.639. The Bertz CT molecular complexity index is 711. The lowest BCUT2D eigenvalue weighted by atomic mass is 10.1. The molecule has 0 aliphatic heterocycles. The van der Waals surface area contributed by atoms with Gasteiger partial charge in [0, 0.05) is 24.0 Å². The van der Waals surface area contributed by atoms with E-state index in [9.17, 15) is 8.78 Å². The van der Waals surface area contributed by atoms with E-state index >= 15 is 0 Å². The average molecular weight is 244 g/mol. The fraction of sp³-hybridized carbons (Fsp3) is 0.0714. The molecule has 2 aromatic heterocycles. The topological polar surface area (TPSA) is 17.3 Å². The van der Waals surface area contributed by atoms with Crippen LogP contribution in [-0.4, -0.2) is 9.38 Å². The van der Waals surface area contributed by atoms with Gasteiger partial charge in [0.2, 0.25) is 0 Å². The monoisotopic (exact) mass is 244 g/mol. The molecule has 0 N–H and O–H groups in total. The maximum absolute atomic E-state index is 13.2. The molecule has 0 saturated heterocycles. The van der Waals surface area contributed by atoms with Gasteiger partial charge in [-0.3, -0.25) is 0 Å². The minimum absolute atomic E-state index is 0.439. The van der Waals surface area contributed by atoms with Gasteiger partial charge in [-0.05, 0) is 36.8 Å². The van der Waals surface area contributed by atoms with E-state index in [1.165, 1.54) is 12.1 Å². The Morgan fingerprint density at radius 1 is 1.06 bits per heavy atom. The summed E-state index contributed by atoms with van der Waals surface area (Å²) in [5.74, 6) is -1.20. The zero-order chi connectivity index (χ0) is 12.7. The van der Waals surface area contributed by atoms with E-state index in [1.807, 2.05) is 29.7 Å². The molecule has 4 heteroatoms. The fourth-order valence-corrected chi connectivity index (χ4v) is 1.92. The van der Waals surface area contributed by atoms with Gasteiger partial charge in [0.1, 0.15) is 17.3 Å². The molecule has 90 valence electrons. The number of benzene rings is 1. The second kappa shape index (κ2) is 3.91. The molecule has 3 aromatic rings. The smallest absolute Gasteiger partial charge is 0.137 e.